The Bertz CT molecular complexity index is 697. The molecule has 0 N–H and O–H groups in total. The molecule has 1 heteroatoms. The molecule has 0 aliphatic heterocycles. The van der Waals surface area contributed by atoms with Crippen LogP contribution in [0.4, 0.5) is 0 Å². The summed E-state index contributed by atoms with van der Waals surface area (Å²) in [6.07, 6.45) is 15.6. The maximum absolute atomic E-state index is 11.8. The minimum Gasteiger partial charge on any atom is -0.290 e. The number of allylic oxidation sites excluding steroid dienone is 6. The van der Waals surface area contributed by atoms with Crippen molar-refractivity contribution in [2.24, 2.45) is 34.5 Å². The molecule has 0 saturated heterocycles. The van der Waals surface area contributed by atoms with Crippen LogP contribution in [0.5, 0.6) is 0 Å². The molecule has 6 atom stereocenters. The number of hydrogen-bond acceptors (Lipinski definition) is 1. The molecule has 0 aromatic heterocycles. The zero-order valence-electron chi connectivity index (χ0n) is 14.4. The summed E-state index contributed by atoms with van der Waals surface area (Å²) in [6, 6.07) is 0. The lowest BCUT2D eigenvalue weighted by molar-refractivity contribution is -0.110. The summed E-state index contributed by atoms with van der Waals surface area (Å²) >= 11 is 0. The van der Waals surface area contributed by atoms with Gasteiger partial charge < -0.3 is 0 Å². The molecule has 2 saturated carbocycles. The number of rotatable bonds is 0. The fraction of sp³-hybridized carbons (Fsp3) is 0.591. The molecule has 0 amide bonds. The van der Waals surface area contributed by atoms with Crippen LogP contribution < -0.4 is 0 Å². The van der Waals surface area contributed by atoms with Crippen molar-refractivity contribution in [1.82, 2.24) is 0 Å². The lowest BCUT2D eigenvalue weighted by Gasteiger charge is -2.54. The monoisotopic (exact) mass is 306 g/mol. The molecule has 0 aromatic carbocycles. The molecule has 4 rings (SSSR count). The van der Waals surface area contributed by atoms with E-state index >= 15 is 0 Å². The zero-order chi connectivity index (χ0) is 16.2. The number of carbonyl (C=O) groups is 1. The highest BCUT2D eigenvalue weighted by atomic mass is 16.1. The first-order chi connectivity index (χ1) is 11.0. The summed E-state index contributed by atoms with van der Waals surface area (Å²) in [5, 5.41) is 0. The van der Waals surface area contributed by atoms with E-state index in [-0.39, 0.29) is 11.2 Å². The van der Waals surface area contributed by atoms with Crippen LogP contribution in [0.1, 0.15) is 46.5 Å². The number of fused-ring (bicyclic) bond motifs is 5. The van der Waals surface area contributed by atoms with E-state index in [1.54, 1.807) is 6.08 Å². The predicted octanol–water partition coefficient (Wildman–Crippen LogP) is 4.71. The van der Waals surface area contributed by atoms with Gasteiger partial charge in [0.05, 0.1) is 0 Å². The Kier molecular flexibility index (Phi) is 3.24. The van der Waals surface area contributed by atoms with Gasteiger partial charge >= 0.3 is 0 Å². The van der Waals surface area contributed by atoms with Gasteiger partial charge in [-0.2, -0.15) is 0 Å². The number of ketones is 1. The molecule has 4 aliphatic rings. The molecular weight excluding hydrogens is 280 g/mol. The maximum Gasteiger partial charge on any atom is 0.178 e. The first-order valence-corrected chi connectivity index (χ1v) is 9.05. The van der Waals surface area contributed by atoms with Crippen LogP contribution in [0.15, 0.2) is 36.0 Å². The van der Waals surface area contributed by atoms with Crippen LogP contribution in [0.2, 0.25) is 0 Å². The van der Waals surface area contributed by atoms with E-state index in [0.717, 1.165) is 5.92 Å². The van der Waals surface area contributed by atoms with Gasteiger partial charge in [-0.3, -0.25) is 4.79 Å². The minimum absolute atomic E-state index is 0.0448. The third-order valence-electron chi connectivity index (χ3n) is 7.43. The molecular formula is C22H26O. The Hall–Kier alpha value is -1.55. The number of hydrogen-bond donors (Lipinski definition) is 0. The highest BCUT2D eigenvalue weighted by Gasteiger charge is 2.57. The van der Waals surface area contributed by atoms with Gasteiger partial charge in [0, 0.05) is 11.3 Å². The van der Waals surface area contributed by atoms with E-state index < -0.39 is 0 Å². The van der Waals surface area contributed by atoms with Gasteiger partial charge in [0.15, 0.2) is 5.78 Å². The zero-order valence-corrected chi connectivity index (χ0v) is 14.4. The smallest absolute Gasteiger partial charge is 0.178 e. The Morgan fingerprint density at radius 2 is 1.96 bits per heavy atom. The Labute approximate surface area is 139 Å². The lowest BCUT2D eigenvalue weighted by atomic mass is 9.49. The predicted molar refractivity (Wildman–Crippen MR) is 93.5 cm³/mol. The molecule has 0 heterocycles. The Morgan fingerprint density at radius 1 is 1.13 bits per heavy atom. The van der Waals surface area contributed by atoms with Gasteiger partial charge in [-0.1, -0.05) is 38.0 Å². The van der Waals surface area contributed by atoms with E-state index in [9.17, 15) is 4.79 Å². The minimum atomic E-state index is 0.0448. The van der Waals surface area contributed by atoms with E-state index in [1.807, 2.05) is 13.0 Å². The third kappa shape index (κ3) is 1.97. The average Bonchev–Trinajstić information content (AvgIpc) is 2.85. The quantitative estimate of drug-likeness (QED) is 0.592. The van der Waals surface area contributed by atoms with Gasteiger partial charge in [-0.15, -0.1) is 5.92 Å². The lowest BCUT2D eigenvalue weighted by Crippen LogP contribution is -2.47. The topological polar surface area (TPSA) is 17.1 Å². The molecule has 2 fully saturated rings. The van der Waals surface area contributed by atoms with E-state index in [1.165, 1.54) is 31.3 Å². The van der Waals surface area contributed by atoms with Gasteiger partial charge in [0.1, 0.15) is 0 Å². The van der Waals surface area contributed by atoms with Crippen molar-refractivity contribution < 1.29 is 4.79 Å². The molecule has 1 nitrogen and oxygen atoms in total. The van der Waals surface area contributed by atoms with Crippen molar-refractivity contribution in [3.63, 3.8) is 0 Å². The SMILES string of the molecule is CC#CC1CC[C@H]2[C@@H]3C=CC4=CC(=O)C=C[C@]4(C)[C@H]3CC[C@]12C. The standard InChI is InChI=1S/C22H26O/c1-4-5-15-7-9-19-18-8-6-16-14-17(23)10-12-22(16,3)20(18)11-13-21(15,19)2/h6,8,10,12,14-15,18-20H,7,9,11,13H2,1-3H3/t15?,18-,19-,20-,21+,22-/m0/s1. The van der Waals surface area contributed by atoms with Crippen LogP contribution in [0.3, 0.4) is 0 Å². The van der Waals surface area contributed by atoms with Crippen LogP contribution in [0, 0.1) is 46.3 Å². The summed E-state index contributed by atoms with van der Waals surface area (Å²) < 4.78 is 0. The first-order valence-electron chi connectivity index (χ1n) is 9.05. The summed E-state index contributed by atoms with van der Waals surface area (Å²) in [5.41, 5.74) is 1.64. The maximum atomic E-state index is 11.8. The van der Waals surface area contributed by atoms with Crippen LogP contribution in [0.25, 0.3) is 0 Å². The molecule has 120 valence electrons. The average molecular weight is 306 g/mol. The van der Waals surface area contributed by atoms with E-state index in [0.29, 0.717) is 23.2 Å². The van der Waals surface area contributed by atoms with E-state index in [4.69, 9.17) is 0 Å². The van der Waals surface area contributed by atoms with Gasteiger partial charge in [-0.25, -0.2) is 0 Å². The molecule has 0 bridgehead atoms. The van der Waals surface area contributed by atoms with Gasteiger partial charge in [0.2, 0.25) is 0 Å². The molecule has 1 unspecified atom stereocenters. The fourth-order valence-corrected chi connectivity index (χ4v) is 6.06. The van der Waals surface area contributed by atoms with E-state index in [2.05, 4.69) is 43.9 Å². The second kappa shape index (κ2) is 4.97. The van der Waals surface area contributed by atoms with Crippen LogP contribution >= 0.6 is 0 Å². The molecule has 23 heavy (non-hydrogen) atoms. The number of carbonyl (C=O) groups excluding carboxylic acids is 1. The summed E-state index contributed by atoms with van der Waals surface area (Å²) in [4.78, 5) is 11.8. The van der Waals surface area contributed by atoms with Gasteiger partial charge in [-0.05, 0) is 73.5 Å². The third-order valence-corrected chi connectivity index (χ3v) is 7.43. The highest BCUT2D eigenvalue weighted by molar-refractivity contribution is 6.01. The summed E-state index contributed by atoms with van der Waals surface area (Å²) in [6.45, 7) is 6.80. The van der Waals surface area contributed by atoms with Crippen molar-refractivity contribution in [3.05, 3.63) is 36.0 Å². The normalized spacial score (nSPS) is 47.1. The largest absolute Gasteiger partial charge is 0.290 e. The second-order valence-electron chi connectivity index (χ2n) is 8.34. The first kappa shape index (κ1) is 15.0. The van der Waals surface area contributed by atoms with Crippen molar-refractivity contribution >= 4 is 5.78 Å². The molecule has 0 aromatic rings. The Balaban J connectivity index is 1.73. The molecule has 0 spiro atoms. The van der Waals surface area contributed by atoms with Crippen molar-refractivity contribution in [2.75, 3.05) is 0 Å². The second-order valence-corrected chi connectivity index (χ2v) is 8.34. The Morgan fingerprint density at radius 3 is 2.74 bits per heavy atom. The fourth-order valence-electron chi connectivity index (χ4n) is 6.06. The van der Waals surface area contributed by atoms with Crippen molar-refractivity contribution in [1.29, 1.82) is 0 Å². The van der Waals surface area contributed by atoms with Crippen LogP contribution in [-0.4, -0.2) is 5.78 Å². The summed E-state index contributed by atoms with van der Waals surface area (Å²) in [7, 11) is 0. The molecule has 0 radical (unpaired) electrons. The van der Waals surface area contributed by atoms with Crippen molar-refractivity contribution in [3.8, 4) is 11.8 Å². The van der Waals surface area contributed by atoms with Gasteiger partial charge in [0.25, 0.3) is 0 Å². The van der Waals surface area contributed by atoms with Crippen LogP contribution in [-0.2, 0) is 4.79 Å². The highest BCUT2D eigenvalue weighted by Crippen LogP contribution is 2.64. The summed E-state index contributed by atoms with van der Waals surface area (Å²) in [5.74, 6) is 9.40. The molecule has 4 aliphatic carbocycles. The van der Waals surface area contributed by atoms with Crippen molar-refractivity contribution in [2.45, 2.75) is 46.5 Å².